The van der Waals surface area contributed by atoms with Gasteiger partial charge < -0.3 is 19.0 Å². The summed E-state index contributed by atoms with van der Waals surface area (Å²) >= 11 is 0. The van der Waals surface area contributed by atoms with Crippen LogP contribution in [0.3, 0.4) is 0 Å². The van der Waals surface area contributed by atoms with Crippen molar-refractivity contribution in [3.05, 3.63) is 35.4 Å². The quantitative estimate of drug-likeness (QED) is 0.656. The second-order valence-corrected chi connectivity index (χ2v) is 5.87. The molecule has 0 heterocycles. The molecule has 0 saturated carbocycles. The molecule has 1 atom stereocenters. The van der Waals surface area contributed by atoms with Crippen molar-refractivity contribution in [2.24, 2.45) is 0 Å². The van der Waals surface area contributed by atoms with Gasteiger partial charge in [0.15, 0.2) is 6.29 Å². The first-order chi connectivity index (χ1) is 9.94. The molecule has 4 nitrogen and oxygen atoms in total. The Bertz CT molecular complexity index is 423. The average molecular weight is 294 g/mol. The zero-order chi connectivity index (χ0) is 15.7. The van der Waals surface area contributed by atoms with E-state index in [1.165, 1.54) is 0 Å². The summed E-state index contributed by atoms with van der Waals surface area (Å²) in [7, 11) is 0. The van der Waals surface area contributed by atoms with Gasteiger partial charge in [-0.3, -0.25) is 0 Å². The third-order valence-corrected chi connectivity index (χ3v) is 2.76. The number of rotatable bonds is 9. The van der Waals surface area contributed by atoms with E-state index in [0.717, 1.165) is 17.4 Å². The number of ether oxygens (including phenoxy) is 3. The summed E-state index contributed by atoms with van der Waals surface area (Å²) in [6, 6.07) is 7.98. The first-order valence-electron chi connectivity index (χ1n) is 7.31. The number of carbonyl (C=O) groups is 1. The second kappa shape index (κ2) is 8.93. The third-order valence-electron chi connectivity index (χ3n) is 2.76. The van der Waals surface area contributed by atoms with E-state index in [4.69, 9.17) is 14.2 Å². The highest BCUT2D eigenvalue weighted by atomic mass is 16.5. The minimum absolute atomic E-state index is 0.269. The van der Waals surface area contributed by atoms with Gasteiger partial charge in [0.05, 0.1) is 25.4 Å². The minimum atomic E-state index is -0.542. The Morgan fingerprint density at radius 3 is 2.43 bits per heavy atom. The van der Waals surface area contributed by atoms with Crippen molar-refractivity contribution in [2.75, 3.05) is 13.2 Å². The highest BCUT2D eigenvalue weighted by molar-refractivity contribution is 5.56. The van der Waals surface area contributed by atoms with Crippen LogP contribution in [0.25, 0.3) is 0 Å². The highest BCUT2D eigenvalue weighted by Gasteiger charge is 2.15. The molecule has 0 fully saturated rings. The Hall–Kier alpha value is -1.23. The Morgan fingerprint density at radius 1 is 1.19 bits per heavy atom. The molecule has 118 valence electrons. The molecule has 4 heteroatoms. The topological polar surface area (TPSA) is 44.8 Å². The lowest BCUT2D eigenvalue weighted by atomic mass is 10.1. The smallest absolute Gasteiger partial charge is 0.151 e. The standard InChI is InChI=1S/C17H26O4/c1-5-19-11-14-7-6-8-15(9-14)12-20-16(10-18)13-21-17(2,3)4/h6-10,16H,5,11-13H2,1-4H3. The van der Waals surface area contributed by atoms with Gasteiger partial charge in [0.25, 0.3) is 0 Å². The van der Waals surface area contributed by atoms with Crippen LogP contribution < -0.4 is 0 Å². The Balaban J connectivity index is 2.46. The molecule has 0 N–H and O–H groups in total. The molecular formula is C17H26O4. The van der Waals surface area contributed by atoms with Crippen molar-refractivity contribution in [2.45, 2.75) is 52.6 Å². The summed E-state index contributed by atoms with van der Waals surface area (Å²) in [4.78, 5) is 11.0. The molecule has 0 radical (unpaired) electrons. The molecule has 1 aromatic carbocycles. The van der Waals surface area contributed by atoms with Gasteiger partial charge in [0.2, 0.25) is 0 Å². The normalized spacial score (nSPS) is 13.1. The summed E-state index contributed by atoms with van der Waals surface area (Å²) in [6.45, 7) is 9.76. The number of hydrogen-bond acceptors (Lipinski definition) is 4. The SMILES string of the molecule is CCOCc1cccc(COC(C=O)COC(C)(C)C)c1. The van der Waals surface area contributed by atoms with Crippen LogP contribution in [0.4, 0.5) is 0 Å². The van der Waals surface area contributed by atoms with Crippen molar-refractivity contribution in [3.63, 3.8) is 0 Å². The molecule has 1 aromatic rings. The zero-order valence-electron chi connectivity index (χ0n) is 13.4. The molecule has 1 unspecified atom stereocenters. The van der Waals surface area contributed by atoms with Crippen LogP contribution in [0.5, 0.6) is 0 Å². The molecule has 1 rings (SSSR count). The summed E-state index contributed by atoms with van der Waals surface area (Å²) < 4.78 is 16.6. The molecule has 0 aliphatic rings. The fourth-order valence-corrected chi connectivity index (χ4v) is 1.69. The van der Waals surface area contributed by atoms with Crippen LogP contribution >= 0.6 is 0 Å². The van der Waals surface area contributed by atoms with Crippen LogP contribution in [-0.2, 0) is 32.2 Å². The molecular weight excluding hydrogens is 268 g/mol. The predicted molar refractivity (Wildman–Crippen MR) is 82.1 cm³/mol. The molecule has 0 aromatic heterocycles. The van der Waals surface area contributed by atoms with Crippen molar-refractivity contribution in [1.29, 1.82) is 0 Å². The molecule has 0 amide bonds. The monoisotopic (exact) mass is 294 g/mol. The van der Waals surface area contributed by atoms with Crippen LogP contribution in [0.2, 0.25) is 0 Å². The molecule has 0 spiro atoms. The maximum atomic E-state index is 11.0. The second-order valence-electron chi connectivity index (χ2n) is 5.87. The first kappa shape index (κ1) is 17.8. The summed E-state index contributed by atoms with van der Waals surface area (Å²) in [5.74, 6) is 0. The van der Waals surface area contributed by atoms with Crippen molar-refractivity contribution < 1.29 is 19.0 Å². The Labute approximate surface area is 127 Å². The van der Waals surface area contributed by atoms with E-state index in [9.17, 15) is 4.79 Å². The fourth-order valence-electron chi connectivity index (χ4n) is 1.69. The molecule has 0 aliphatic heterocycles. The van der Waals surface area contributed by atoms with Gasteiger partial charge in [-0.2, -0.15) is 0 Å². The van der Waals surface area contributed by atoms with Gasteiger partial charge in [-0.1, -0.05) is 24.3 Å². The maximum Gasteiger partial charge on any atom is 0.151 e. The summed E-state index contributed by atoms with van der Waals surface area (Å²) in [5.41, 5.74) is 1.85. The maximum absolute atomic E-state index is 11.0. The van der Waals surface area contributed by atoms with E-state index < -0.39 is 6.10 Å². The molecule has 21 heavy (non-hydrogen) atoms. The summed E-state index contributed by atoms with van der Waals surface area (Å²) in [6.07, 6.45) is 0.246. The lowest BCUT2D eigenvalue weighted by molar-refractivity contribution is -0.128. The molecule has 0 saturated heterocycles. The number of hydrogen-bond donors (Lipinski definition) is 0. The predicted octanol–water partition coefficient (Wildman–Crippen LogP) is 3.12. The van der Waals surface area contributed by atoms with E-state index in [2.05, 4.69) is 0 Å². The van der Waals surface area contributed by atoms with Crippen molar-refractivity contribution >= 4 is 6.29 Å². The molecule has 0 aliphatic carbocycles. The van der Waals surface area contributed by atoms with Gasteiger partial charge in [-0.25, -0.2) is 0 Å². The minimum Gasteiger partial charge on any atom is -0.377 e. The largest absolute Gasteiger partial charge is 0.377 e. The molecule has 0 bridgehead atoms. The zero-order valence-corrected chi connectivity index (χ0v) is 13.4. The van der Waals surface area contributed by atoms with Crippen LogP contribution in [-0.4, -0.2) is 31.2 Å². The Morgan fingerprint density at radius 2 is 1.86 bits per heavy atom. The average Bonchev–Trinajstić information content (AvgIpc) is 2.44. The van der Waals surface area contributed by atoms with E-state index in [1.807, 2.05) is 52.0 Å². The lowest BCUT2D eigenvalue weighted by Crippen LogP contribution is -2.28. The highest BCUT2D eigenvalue weighted by Crippen LogP contribution is 2.11. The third kappa shape index (κ3) is 7.95. The van der Waals surface area contributed by atoms with Gasteiger partial charge in [0, 0.05) is 6.61 Å². The van der Waals surface area contributed by atoms with Crippen LogP contribution in [0.15, 0.2) is 24.3 Å². The Kier molecular flexibility index (Phi) is 7.57. The van der Waals surface area contributed by atoms with E-state index in [0.29, 0.717) is 19.8 Å². The number of carbonyl (C=O) groups excluding carboxylic acids is 1. The number of aldehydes is 1. The van der Waals surface area contributed by atoms with E-state index in [-0.39, 0.29) is 12.2 Å². The van der Waals surface area contributed by atoms with E-state index >= 15 is 0 Å². The van der Waals surface area contributed by atoms with Crippen LogP contribution in [0.1, 0.15) is 38.8 Å². The van der Waals surface area contributed by atoms with Crippen LogP contribution in [0, 0.1) is 0 Å². The van der Waals surface area contributed by atoms with Gasteiger partial charge in [-0.05, 0) is 38.8 Å². The van der Waals surface area contributed by atoms with Crippen molar-refractivity contribution in [3.8, 4) is 0 Å². The van der Waals surface area contributed by atoms with Crippen molar-refractivity contribution in [1.82, 2.24) is 0 Å². The van der Waals surface area contributed by atoms with Gasteiger partial charge in [0.1, 0.15) is 6.10 Å². The fraction of sp³-hybridized carbons (Fsp3) is 0.588. The lowest BCUT2D eigenvalue weighted by Gasteiger charge is -2.22. The first-order valence-corrected chi connectivity index (χ1v) is 7.31. The van der Waals surface area contributed by atoms with Gasteiger partial charge in [-0.15, -0.1) is 0 Å². The van der Waals surface area contributed by atoms with E-state index in [1.54, 1.807) is 0 Å². The summed E-state index contributed by atoms with van der Waals surface area (Å²) in [5, 5.41) is 0. The number of benzene rings is 1. The van der Waals surface area contributed by atoms with Gasteiger partial charge >= 0.3 is 0 Å².